The van der Waals surface area contributed by atoms with Gasteiger partial charge < -0.3 is 14.8 Å². The van der Waals surface area contributed by atoms with Crippen molar-refractivity contribution in [2.45, 2.75) is 43.9 Å². The maximum Gasteiger partial charge on any atom is 0.208 e. The van der Waals surface area contributed by atoms with E-state index in [0.717, 1.165) is 29.5 Å². The van der Waals surface area contributed by atoms with E-state index in [0.29, 0.717) is 11.7 Å². The van der Waals surface area contributed by atoms with Crippen LogP contribution in [-0.2, 0) is 10.0 Å². The summed E-state index contributed by atoms with van der Waals surface area (Å²) in [5, 5.41) is 19.6. The van der Waals surface area contributed by atoms with Gasteiger partial charge in [-0.05, 0) is 54.5 Å². The molecule has 34 heavy (non-hydrogen) atoms. The first-order valence-corrected chi connectivity index (χ1v) is 13.1. The van der Waals surface area contributed by atoms with Gasteiger partial charge in [-0.1, -0.05) is 48.2 Å². The summed E-state index contributed by atoms with van der Waals surface area (Å²) < 4.78 is 27.0. The van der Waals surface area contributed by atoms with E-state index in [1.54, 1.807) is 23.9 Å². The molecule has 1 heterocycles. The molecule has 4 rings (SSSR count). The number of hydrogen-bond donors (Lipinski definition) is 3. The second kappa shape index (κ2) is 10.1. The normalized spacial score (nSPS) is 19.5. The van der Waals surface area contributed by atoms with Crippen LogP contribution in [-0.4, -0.2) is 47.1 Å². The zero-order chi connectivity index (χ0) is 24.3. The van der Waals surface area contributed by atoms with Crippen molar-refractivity contribution in [1.82, 2.24) is 14.3 Å². The topological polar surface area (TPSA) is 104 Å². The fourth-order valence-electron chi connectivity index (χ4n) is 4.26. The van der Waals surface area contributed by atoms with E-state index in [9.17, 15) is 18.6 Å². The molecular formula is C26H29N3O4S. The standard InChI is InChI=1S/C26H29N3O4S/c1-18(31)26-27-13-14-29(26)25(17-30)12-5-19-3-6-20(7-4-19)21-8-10-22(11-9-21)23-15-24(16-23)28-34(2,32)33/h3-4,6-11,13-14,18,23-25,28,30-31H,15-17H2,1-2H3/t18-,23?,24?,25?/m0/s1. The van der Waals surface area contributed by atoms with Gasteiger partial charge in [0.1, 0.15) is 18.0 Å². The number of aliphatic hydroxyl groups excluding tert-OH is 2. The van der Waals surface area contributed by atoms with Gasteiger partial charge in [0.15, 0.2) is 0 Å². The maximum absolute atomic E-state index is 11.3. The molecule has 0 bridgehead atoms. The number of sulfonamides is 1. The molecule has 178 valence electrons. The van der Waals surface area contributed by atoms with Crippen LogP contribution in [0.4, 0.5) is 0 Å². The molecule has 0 spiro atoms. The lowest BCUT2D eigenvalue weighted by atomic mass is 9.76. The van der Waals surface area contributed by atoms with E-state index in [1.165, 1.54) is 11.8 Å². The summed E-state index contributed by atoms with van der Waals surface area (Å²) in [6.45, 7) is 1.45. The summed E-state index contributed by atoms with van der Waals surface area (Å²) in [5.41, 5.74) is 4.23. The highest BCUT2D eigenvalue weighted by Crippen LogP contribution is 2.37. The molecule has 2 atom stereocenters. The molecule has 1 aliphatic carbocycles. The first kappa shape index (κ1) is 24.2. The molecule has 1 saturated carbocycles. The first-order valence-electron chi connectivity index (χ1n) is 11.2. The third kappa shape index (κ3) is 5.75. The Labute approximate surface area is 200 Å². The summed E-state index contributed by atoms with van der Waals surface area (Å²) in [6, 6.07) is 15.9. The van der Waals surface area contributed by atoms with Crippen molar-refractivity contribution in [1.29, 1.82) is 0 Å². The molecule has 0 amide bonds. The van der Waals surface area contributed by atoms with E-state index in [1.807, 2.05) is 24.3 Å². The van der Waals surface area contributed by atoms with Gasteiger partial charge >= 0.3 is 0 Å². The molecule has 3 N–H and O–H groups in total. The number of aliphatic hydroxyl groups is 2. The van der Waals surface area contributed by atoms with Gasteiger partial charge in [0.05, 0.1) is 12.9 Å². The van der Waals surface area contributed by atoms with Crippen molar-refractivity contribution in [3.8, 4) is 23.0 Å². The number of rotatable bonds is 7. The third-order valence-corrected chi connectivity index (χ3v) is 6.84. The minimum Gasteiger partial charge on any atom is -0.393 e. The minimum atomic E-state index is -3.15. The van der Waals surface area contributed by atoms with Gasteiger partial charge in [-0.2, -0.15) is 0 Å². The molecule has 1 fully saturated rings. The molecule has 1 aromatic heterocycles. The first-order chi connectivity index (χ1) is 16.2. The molecule has 2 aromatic carbocycles. The molecular weight excluding hydrogens is 450 g/mol. The Kier molecular flexibility index (Phi) is 7.19. The number of nitrogens with one attached hydrogen (secondary N) is 1. The highest BCUT2D eigenvalue weighted by molar-refractivity contribution is 7.88. The maximum atomic E-state index is 11.3. The smallest absolute Gasteiger partial charge is 0.208 e. The van der Waals surface area contributed by atoms with Crippen LogP contribution in [0.25, 0.3) is 11.1 Å². The summed E-state index contributed by atoms with van der Waals surface area (Å²) in [5.74, 6) is 7.01. The highest BCUT2D eigenvalue weighted by Gasteiger charge is 2.31. The largest absolute Gasteiger partial charge is 0.393 e. The molecule has 1 aliphatic rings. The number of hydrogen-bond acceptors (Lipinski definition) is 5. The molecule has 8 heteroatoms. The van der Waals surface area contributed by atoms with Crippen LogP contribution in [0.2, 0.25) is 0 Å². The molecule has 0 radical (unpaired) electrons. The van der Waals surface area contributed by atoms with E-state index in [2.05, 4.69) is 45.8 Å². The highest BCUT2D eigenvalue weighted by atomic mass is 32.2. The van der Waals surface area contributed by atoms with Gasteiger partial charge in [-0.15, -0.1) is 0 Å². The summed E-state index contributed by atoms with van der Waals surface area (Å²) >= 11 is 0. The quantitative estimate of drug-likeness (QED) is 0.452. The zero-order valence-corrected chi connectivity index (χ0v) is 20.0. The van der Waals surface area contributed by atoms with Crippen LogP contribution in [0.15, 0.2) is 60.9 Å². The second-order valence-corrected chi connectivity index (χ2v) is 10.6. The predicted octanol–water partition coefficient (Wildman–Crippen LogP) is 2.98. The predicted molar refractivity (Wildman–Crippen MR) is 131 cm³/mol. The Morgan fingerprint density at radius 3 is 2.29 bits per heavy atom. The van der Waals surface area contributed by atoms with Crippen LogP contribution in [0.1, 0.15) is 54.8 Å². The Morgan fingerprint density at radius 2 is 1.74 bits per heavy atom. The monoisotopic (exact) mass is 479 g/mol. The van der Waals surface area contributed by atoms with Gasteiger partial charge in [0.2, 0.25) is 10.0 Å². The van der Waals surface area contributed by atoms with E-state index >= 15 is 0 Å². The van der Waals surface area contributed by atoms with Crippen LogP contribution in [0.3, 0.4) is 0 Å². The number of imidazole rings is 1. The SMILES string of the molecule is C[C@H](O)c1nccn1C(C#Cc1ccc(-c2ccc(C3CC(NS(C)(=O)=O)C3)cc2)cc1)CO. The minimum absolute atomic E-state index is 0.0335. The lowest BCUT2D eigenvalue weighted by molar-refractivity contribution is 0.176. The lowest BCUT2D eigenvalue weighted by Gasteiger charge is -2.35. The summed E-state index contributed by atoms with van der Waals surface area (Å²) in [7, 11) is -3.15. The zero-order valence-electron chi connectivity index (χ0n) is 19.2. The molecule has 0 saturated heterocycles. The third-order valence-electron chi connectivity index (χ3n) is 6.08. The fourth-order valence-corrected chi connectivity index (χ4v) is 5.06. The Balaban J connectivity index is 1.40. The summed E-state index contributed by atoms with van der Waals surface area (Å²) in [4.78, 5) is 4.14. The summed E-state index contributed by atoms with van der Waals surface area (Å²) in [6.07, 6.45) is 5.40. The van der Waals surface area contributed by atoms with Crippen molar-refractivity contribution in [3.05, 3.63) is 77.9 Å². The van der Waals surface area contributed by atoms with Gasteiger partial charge in [0, 0.05) is 24.0 Å². The molecule has 0 aliphatic heterocycles. The van der Waals surface area contributed by atoms with E-state index in [-0.39, 0.29) is 12.6 Å². The Bertz CT molecular complexity index is 1280. The van der Waals surface area contributed by atoms with Crippen molar-refractivity contribution in [3.63, 3.8) is 0 Å². The van der Waals surface area contributed by atoms with Gasteiger partial charge in [-0.3, -0.25) is 0 Å². The lowest BCUT2D eigenvalue weighted by Crippen LogP contribution is -2.42. The fraction of sp³-hybridized carbons (Fsp3) is 0.346. The van der Waals surface area contributed by atoms with Crippen molar-refractivity contribution < 1.29 is 18.6 Å². The van der Waals surface area contributed by atoms with E-state index in [4.69, 9.17) is 0 Å². The molecule has 1 unspecified atom stereocenters. The molecule has 7 nitrogen and oxygen atoms in total. The number of benzene rings is 2. The average molecular weight is 480 g/mol. The van der Waals surface area contributed by atoms with Crippen molar-refractivity contribution in [2.24, 2.45) is 0 Å². The van der Waals surface area contributed by atoms with Crippen LogP contribution < -0.4 is 4.72 Å². The Morgan fingerprint density at radius 1 is 1.12 bits per heavy atom. The second-order valence-electron chi connectivity index (χ2n) is 8.79. The van der Waals surface area contributed by atoms with Gasteiger partial charge in [0.25, 0.3) is 0 Å². The average Bonchev–Trinajstić information content (AvgIpc) is 3.27. The van der Waals surface area contributed by atoms with Crippen LogP contribution in [0.5, 0.6) is 0 Å². The van der Waals surface area contributed by atoms with Gasteiger partial charge in [-0.25, -0.2) is 18.1 Å². The molecule has 3 aromatic rings. The number of nitrogens with zero attached hydrogens (tertiary/aromatic N) is 2. The van der Waals surface area contributed by atoms with E-state index < -0.39 is 22.2 Å². The Hall–Kier alpha value is -2.96. The van der Waals surface area contributed by atoms with Crippen LogP contribution in [0, 0.1) is 11.8 Å². The van der Waals surface area contributed by atoms with Crippen LogP contribution >= 0.6 is 0 Å². The van der Waals surface area contributed by atoms with Crippen molar-refractivity contribution in [2.75, 3.05) is 12.9 Å². The van der Waals surface area contributed by atoms with Crippen molar-refractivity contribution >= 4 is 10.0 Å². The number of aromatic nitrogens is 2.